The SMILES string of the molecule is O=CC12CC3CC(C1)C(=O)C(C3)C2. The molecule has 4 rings (SSSR count). The van der Waals surface area contributed by atoms with Crippen molar-refractivity contribution in [2.75, 3.05) is 0 Å². The van der Waals surface area contributed by atoms with Gasteiger partial charge >= 0.3 is 0 Å². The van der Waals surface area contributed by atoms with Crippen LogP contribution in [0, 0.1) is 23.2 Å². The lowest BCUT2D eigenvalue weighted by molar-refractivity contribution is -0.150. The number of hydrogen-bond acceptors (Lipinski definition) is 2. The predicted molar refractivity (Wildman–Crippen MR) is 47.1 cm³/mol. The summed E-state index contributed by atoms with van der Waals surface area (Å²) in [5, 5.41) is 0. The van der Waals surface area contributed by atoms with E-state index in [1.807, 2.05) is 0 Å². The van der Waals surface area contributed by atoms with E-state index in [0.29, 0.717) is 11.7 Å². The lowest BCUT2D eigenvalue weighted by atomic mass is 9.49. The van der Waals surface area contributed by atoms with Crippen LogP contribution in [-0.2, 0) is 9.59 Å². The number of Topliss-reactive ketones (excluding diaryl/α,β-unsaturated/α-hetero) is 1. The molecule has 0 spiro atoms. The largest absolute Gasteiger partial charge is 0.303 e. The van der Waals surface area contributed by atoms with Crippen molar-refractivity contribution in [1.29, 1.82) is 0 Å². The Labute approximate surface area is 77.7 Å². The van der Waals surface area contributed by atoms with Crippen molar-refractivity contribution in [3.63, 3.8) is 0 Å². The molecule has 2 nitrogen and oxygen atoms in total. The van der Waals surface area contributed by atoms with Gasteiger partial charge in [-0.2, -0.15) is 0 Å². The smallest absolute Gasteiger partial charge is 0.139 e. The Morgan fingerprint density at radius 2 is 1.77 bits per heavy atom. The molecule has 0 N–H and O–H groups in total. The quantitative estimate of drug-likeness (QED) is 0.571. The summed E-state index contributed by atoms with van der Waals surface area (Å²) in [6.45, 7) is 0. The normalized spacial score (nSPS) is 52.6. The van der Waals surface area contributed by atoms with Crippen LogP contribution in [0.3, 0.4) is 0 Å². The Kier molecular flexibility index (Phi) is 1.32. The molecule has 4 aliphatic rings. The van der Waals surface area contributed by atoms with Gasteiger partial charge in [0, 0.05) is 17.3 Å². The van der Waals surface area contributed by atoms with E-state index >= 15 is 0 Å². The molecule has 2 heteroatoms. The van der Waals surface area contributed by atoms with Crippen molar-refractivity contribution in [1.82, 2.24) is 0 Å². The molecule has 4 bridgehead atoms. The maximum absolute atomic E-state index is 11.7. The first-order valence-corrected chi connectivity index (χ1v) is 5.22. The Morgan fingerprint density at radius 3 is 2.31 bits per heavy atom. The van der Waals surface area contributed by atoms with Crippen LogP contribution in [0.4, 0.5) is 0 Å². The average Bonchev–Trinajstić information content (AvgIpc) is 2.13. The van der Waals surface area contributed by atoms with Crippen molar-refractivity contribution in [2.45, 2.75) is 32.1 Å². The van der Waals surface area contributed by atoms with Crippen LogP contribution < -0.4 is 0 Å². The molecule has 13 heavy (non-hydrogen) atoms. The number of carbonyl (C=O) groups excluding carboxylic acids is 2. The van der Waals surface area contributed by atoms with Gasteiger partial charge in [-0.15, -0.1) is 0 Å². The number of aldehydes is 1. The van der Waals surface area contributed by atoms with Gasteiger partial charge in [0.1, 0.15) is 12.1 Å². The average molecular weight is 178 g/mol. The standard InChI is InChI=1S/C11H14O2/c12-6-11-3-7-1-8(4-11)10(13)9(2-7)5-11/h6-9H,1-5H2. The van der Waals surface area contributed by atoms with E-state index in [4.69, 9.17) is 0 Å². The lowest BCUT2D eigenvalue weighted by Gasteiger charge is -2.53. The molecule has 4 saturated carbocycles. The van der Waals surface area contributed by atoms with Crippen LogP contribution in [0.15, 0.2) is 0 Å². The summed E-state index contributed by atoms with van der Waals surface area (Å²) in [5.41, 5.74) is -0.0790. The van der Waals surface area contributed by atoms with Gasteiger partial charge in [0.05, 0.1) is 0 Å². The van der Waals surface area contributed by atoms with Crippen LogP contribution >= 0.6 is 0 Å². The zero-order valence-electron chi connectivity index (χ0n) is 7.66. The third kappa shape index (κ3) is 0.890. The summed E-state index contributed by atoms with van der Waals surface area (Å²) in [7, 11) is 0. The molecule has 0 aromatic carbocycles. The zero-order chi connectivity index (χ0) is 9.05. The molecule has 0 heterocycles. The highest BCUT2D eigenvalue weighted by molar-refractivity contribution is 5.87. The van der Waals surface area contributed by atoms with Gasteiger partial charge in [-0.3, -0.25) is 4.79 Å². The Bertz CT molecular complexity index is 264. The minimum absolute atomic E-state index is 0.0790. The van der Waals surface area contributed by atoms with Gasteiger partial charge in [0.15, 0.2) is 0 Å². The Balaban J connectivity index is 2.00. The molecule has 0 aliphatic heterocycles. The molecule has 0 aromatic rings. The summed E-state index contributed by atoms with van der Waals surface area (Å²) >= 11 is 0. The highest BCUT2D eigenvalue weighted by Crippen LogP contribution is 2.57. The number of ketones is 1. The van der Waals surface area contributed by atoms with Crippen LogP contribution in [-0.4, -0.2) is 12.1 Å². The summed E-state index contributed by atoms with van der Waals surface area (Å²) in [4.78, 5) is 22.8. The van der Waals surface area contributed by atoms with Crippen molar-refractivity contribution in [2.24, 2.45) is 23.2 Å². The first kappa shape index (κ1) is 7.72. The highest BCUT2D eigenvalue weighted by atomic mass is 16.1. The molecule has 0 saturated heterocycles. The lowest BCUT2D eigenvalue weighted by Crippen LogP contribution is -2.51. The second-order valence-electron chi connectivity index (χ2n) is 5.23. The van der Waals surface area contributed by atoms with Crippen molar-refractivity contribution in [3.05, 3.63) is 0 Å². The van der Waals surface area contributed by atoms with Gasteiger partial charge < -0.3 is 4.79 Å². The van der Waals surface area contributed by atoms with Crippen molar-refractivity contribution in [3.8, 4) is 0 Å². The molecule has 0 aromatic heterocycles. The topological polar surface area (TPSA) is 34.1 Å². The van der Waals surface area contributed by atoms with Gasteiger partial charge in [0.2, 0.25) is 0 Å². The first-order chi connectivity index (χ1) is 6.22. The highest BCUT2D eigenvalue weighted by Gasteiger charge is 2.54. The van der Waals surface area contributed by atoms with E-state index in [-0.39, 0.29) is 17.3 Å². The second-order valence-corrected chi connectivity index (χ2v) is 5.23. The third-order valence-corrected chi connectivity index (χ3v) is 4.29. The molecule has 0 radical (unpaired) electrons. The maximum Gasteiger partial charge on any atom is 0.139 e. The van der Waals surface area contributed by atoms with Crippen LogP contribution in [0.2, 0.25) is 0 Å². The minimum Gasteiger partial charge on any atom is -0.303 e. The van der Waals surface area contributed by atoms with Gasteiger partial charge in [-0.05, 0) is 38.0 Å². The summed E-state index contributed by atoms with van der Waals surface area (Å²) < 4.78 is 0. The molecule has 0 amide bonds. The van der Waals surface area contributed by atoms with E-state index in [2.05, 4.69) is 0 Å². The molecule has 2 unspecified atom stereocenters. The van der Waals surface area contributed by atoms with E-state index in [9.17, 15) is 9.59 Å². The Morgan fingerprint density at radius 1 is 1.15 bits per heavy atom. The van der Waals surface area contributed by atoms with Gasteiger partial charge in [-0.25, -0.2) is 0 Å². The molecule has 4 fully saturated rings. The molecular formula is C11H14O2. The second kappa shape index (κ2) is 2.23. The fraction of sp³-hybridized carbons (Fsp3) is 0.818. The fourth-order valence-electron chi connectivity index (χ4n) is 3.95. The summed E-state index contributed by atoms with van der Waals surface area (Å²) in [5.74, 6) is 1.64. The van der Waals surface area contributed by atoms with Gasteiger partial charge in [-0.1, -0.05) is 0 Å². The van der Waals surface area contributed by atoms with Crippen LogP contribution in [0.5, 0.6) is 0 Å². The predicted octanol–water partition coefficient (Wildman–Crippen LogP) is 1.58. The molecule has 70 valence electrons. The third-order valence-electron chi connectivity index (χ3n) is 4.29. The summed E-state index contributed by atoms with van der Waals surface area (Å²) in [6.07, 6.45) is 6.09. The first-order valence-electron chi connectivity index (χ1n) is 5.22. The zero-order valence-corrected chi connectivity index (χ0v) is 7.66. The maximum atomic E-state index is 11.7. The van der Waals surface area contributed by atoms with E-state index in [0.717, 1.165) is 38.4 Å². The number of rotatable bonds is 1. The molecular weight excluding hydrogens is 164 g/mol. The summed E-state index contributed by atoms with van der Waals surface area (Å²) in [6, 6.07) is 0. The van der Waals surface area contributed by atoms with Crippen molar-refractivity contribution < 1.29 is 9.59 Å². The number of carbonyl (C=O) groups is 2. The van der Waals surface area contributed by atoms with Crippen molar-refractivity contribution >= 4 is 12.1 Å². The molecule has 2 atom stereocenters. The van der Waals surface area contributed by atoms with Gasteiger partial charge in [0.25, 0.3) is 0 Å². The van der Waals surface area contributed by atoms with Crippen LogP contribution in [0.1, 0.15) is 32.1 Å². The van der Waals surface area contributed by atoms with E-state index < -0.39 is 0 Å². The van der Waals surface area contributed by atoms with E-state index in [1.165, 1.54) is 0 Å². The monoisotopic (exact) mass is 178 g/mol. The van der Waals surface area contributed by atoms with Crippen LogP contribution in [0.25, 0.3) is 0 Å². The Hall–Kier alpha value is -0.660. The number of hydrogen-bond donors (Lipinski definition) is 0. The van der Waals surface area contributed by atoms with E-state index in [1.54, 1.807) is 0 Å². The minimum atomic E-state index is -0.0790. The fourth-order valence-corrected chi connectivity index (χ4v) is 3.95. The molecule has 4 aliphatic carbocycles.